The molecule has 3 aromatic carbocycles. The summed E-state index contributed by atoms with van der Waals surface area (Å²) in [6, 6.07) is 25.8. The summed E-state index contributed by atoms with van der Waals surface area (Å²) in [5, 5.41) is 1.70. The van der Waals surface area contributed by atoms with E-state index in [1.54, 1.807) is 4.90 Å². The second kappa shape index (κ2) is 11.2. The van der Waals surface area contributed by atoms with Crippen molar-refractivity contribution < 1.29 is 9.53 Å². The molecule has 4 rings (SSSR count). The van der Waals surface area contributed by atoms with Crippen LogP contribution in [0.3, 0.4) is 0 Å². The zero-order valence-electron chi connectivity index (χ0n) is 19.6. The third-order valence-corrected chi connectivity index (χ3v) is 6.13. The first-order valence-electron chi connectivity index (χ1n) is 11.7. The van der Waals surface area contributed by atoms with Crippen molar-refractivity contribution in [2.45, 2.75) is 26.2 Å². The number of carbonyl (C=O) groups excluding carboxylic acids is 1. The zero-order chi connectivity index (χ0) is 23.9. The maximum Gasteiger partial charge on any atom is 0.260 e. The van der Waals surface area contributed by atoms with Gasteiger partial charge in [0.05, 0.1) is 11.2 Å². The van der Waals surface area contributed by atoms with Gasteiger partial charge in [-0.25, -0.2) is 4.98 Å². The van der Waals surface area contributed by atoms with Crippen molar-refractivity contribution in [2.24, 2.45) is 0 Å². The molecule has 34 heavy (non-hydrogen) atoms. The standard InChI is InChI=1S/C29H29ClN2O2/c1-3-4-8-17-32(2)29(33)20-34-24-14-11-22(12-15-24)28-19-25(21-9-6-5-7-10-21)26-18-23(30)13-16-27(26)31-28/h5-7,9-16,18-19H,3-4,8,17,20H2,1-2H3. The quantitative estimate of drug-likeness (QED) is 0.241. The lowest BCUT2D eigenvalue weighted by Gasteiger charge is -2.17. The molecular formula is C29H29ClN2O2. The Kier molecular flexibility index (Phi) is 7.81. The van der Waals surface area contributed by atoms with Gasteiger partial charge in [-0.05, 0) is 66.1 Å². The van der Waals surface area contributed by atoms with E-state index >= 15 is 0 Å². The predicted molar refractivity (Wildman–Crippen MR) is 140 cm³/mol. The van der Waals surface area contributed by atoms with Crippen LogP contribution in [-0.4, -0.2) is 36.0 Å². The molecule has 0 radical (unpaired) electrons. The minimum Gasteiger partial charge on any atom is -0.484 e. The Bertz CT molecular complexity index is 1260. The molecule has 0 unspecified atom stereocenters. The minimum absolute atomic E-state index is 0.0115. The number of carbonyl (C=O) groups is 1. The minimum atomic E-state index is -0.0115. The van der Waals surface area contributed by atoms with E-state index in [2.05, 4.69) is 25.1 Å². The molecule has 0 N–H and O–H groups in total. The molecule has 1 aromatic heterocycles. The summed E-state index contributed by atoms with van der Waals surface area (Å²) in [5.74, 6) is 0.650. The number of ether oxygens (including phenoxy) is 1. The van der Waals surface area contributed by atoms with Crippen LogP contribution in [0.25, 0.3) is 33.3 Å². The Morgan fingerprint density at radius 3 is 2.44 bits per heavy atom. The van der Waals surface area contributed by atoms with Gasteiger partial charge in [0.15, 0.2) is 6.61 Å². The summed E-state index contributed by atoms with van der Waals surface area (Å²) in [7, 11) is 1.83. The lowest BCUT2D eigenvalue weighted by atomic mass is 9.98. The van der Waals surface area contributed by atoms with Crippen molar-refractivity contribution in [1.82, 2.24) is 9.88 Å². The van der Waals surface area contributed by atoms with Crippen molar-refractivity contribution in [3.05, 3.63) is 83.9 Å². The Labute approximate surface area is 206 Å². The van der Waals surface area contributed by atoms with Crippen molar-refractivity contribution in [3.8, 4) is 28.1 Å². The van der Waals surface area contributed by atoms with Gasteiger partial charge >= 0.3 is 0 Å². The molecule has 4 nitrogen and oxygen atoms in total. The summed E-state index contributed by atoms with van der Waals surface area (Å²) in [5.41, 5.74) is 4.93. The van der Waals surface area contributed by atoms with E-state index in [9.17, 15) is 4.79 Å². The Hall–Kier alpha value is -3.37. The highest BCUT2D eigenvalue weighted by atomic mass is 35.5. The summed E-state index contributed by atoms with van der Waals surface area (Å²) >= 11 is 6.29. The Morgan fingerprint density at radius 1 is 0.941 bits per heavy atom. The van der Waals surface area contributed by atoms with Gasteiger partial charge in [-0.3, -0.25) is 4.79 Å². The number of hydrogen-bond acceptors (Lipinski definition) is 3. The number of rotatable bonds is 9. The van der Waals surface area contributed by atoms with E-state index in [1.165, 1.54) is 0 Å². The number of fused-ring (bicyclic) bond motifs is 1. The Morgan fingerprint density at radius 2 is 1.71 bits per heavy atom. The molecule has 0 aliphatic heterocycles. The number of halogens is 1. The third-order valence-electron chi connectivity index (χ3n) is 5.89. The summed E-state index contributed by atoms with van der Waals surface area (Å²) < 4.78 is 5.74. The maximum atomic E-state index is 12.3. The fourth-order valence-corrected chi connectivity index (χ4v) is 4.08. The monoisotopic (exact) mass is 472 g/mol. The van der Waals surface area contributed by atoms with Crippen LogP contribution in [0.1, 0.15) is 26.2 Å². The van der Waals surface area contributed by atoms with Crippen LogP contribution in [0, 0.1) is 0 Å². The number of likely N-dealkylation sites (N-methyl/N-ethyl adjacent to an activating group) is 1. The van der Waals surface area contributed by atoms with Gasteiger partial charge in [0.25, 0.3) is 5.91 Å². The van der Waals surface area contributed by atoms with E-state index in [-0.39, 0.29) is 12.5 Å². The van der Waals surface area contributed by atoms with E-state index in [0.717, 1.165) is 59.1 Å². The van der Waals surface area contributed by atoms with Gasteiger partial charge in [-0.1, -0.05) is 61.7 Å². The van der Waals surface area contributed by atoms with Crippen LogP contribution in [0.2, 0.25) is 5.02 Å². The summed E-state index contributed by atoms with van der Waals surface area (Å²) in [4.78, 5) is 18.9. The molecule has 5 heteroatoms. The fourth-order valence-electron chi connectivity index (χ4n) is 3.90. The molecule has 0 spiro atoms. The van der Waals surface area contributed by atoms with Gasteiger partial charge in [0.2, 0.25) is 0 Å². The lowest BCUT2D eigenvalue weighted by molar-refractivity contribution is -0.132. The van der Waals surface area contributed by atoms with Crippen LogP contribution < -0.4 is 4.74 Å². The molecule has 0 aliphatic rings. The topological polar surface area (TPSA) is 42.4 Å². The number of hydrogen-bond donors (Lipinski definition) is 0. The van der Waals surface area contributed by atoms with Crippen molar-refractivity contribution in [3.63, 3.8) is 0 Å². The molecule has 0 atom stereocenters. The molecule has 0 saturated carbocycles. The van der Waals surface area contributed by atoms with Gasteiger partial charge in [-0.2, -0.15) is 0 Å². The smallest absolute Gasteiger partial charge is 0.260 e. The van der Waals surface area contributed by atoms with Crippen molar-refractivity contribution in [1.29, 1.82) is 0 Å². The van der Waals surface area contributed by atoms with E-state index in [4.69, 9.17) is 21.3 Å². The molecule has 1 amide bonds. The van der Waals surface area contributed by atoms with Gasteiger partial charge in [0.1, 0.15) is 5.75 Å². The fraction of sp³-hybridized carbons (Fsp3) is 0.241. The average Bonchev–Trinajstić information content (AvgIpc) is 2.87. The van der Waals surface area contributed by atoms with Crippen molar-refractivity contribution in [2.75, 3.05) is 20.2 Å². The number of unbranched alkanes of at least 4 members (excludes halogenated alkanes) is 2. The third kappa shape index (κ3) is 5.75. The predicted octanol–water partition coefficient (Wildman–Crippen LogP) is 7.25. The molecule has 4 aromatic rings. The van der Waals surface area contributed by atoms with Crippen LogP contribution >= 0.6 is 11.6 Å². The molecule has 174 valence electrons. The average molecular weight is 473 g/mol. The van der Waals surface area contributed by atoms with Crippen LogP contribution in [0.5, 0.6) is 5.75 Å². The van der Waals surface area contributed by atoms with E-state index < -0.39 is 0 Å². The number of aromatic nitrogens is 1. The van der Waals surface area contributed by atoms with Crippen molar-refractivity contribution >= 4 is 28.4 Å². The first kappa shape index (κ1) is 23.8. The van der Waals surface area contributed by atoms with Gasteiger partial charge in [0, 0.05) is 29.6 Å². The van der Waals surface area contributed by atoms with E-state index in [1.807, 2.05) is 67.7 Å². The maximum absolute atomic E-state index is 12.3. The summed E-state index contributed by atoms with van der Waals surface area (Å²) in [6.45, 7) is 2.95. The molecule has 1 heterocycles. The van der Waals surface area contributed by atoms with Gasteiger partial charge in [-0.15, -0.1) is 0 Å². The van der Waals surface area contributed by atoms with Crippen LogP contribution in [-0.2, 0) is 4.79 Å². The molecule has 0 saturated heterocycles. The second-order valence-electron chi connectivity index (χ2n) is 8.42. The highest BCUT2D eigenvalue weighted by molar-refractivity contribution is 6.31. The largest absolute Gasteiger partial charge is 0.484 e. The molecule has 0 bridgehead atoms. The van der Waals surface area contributed by atoms with Gasteiger partial charge < -0.3 is 9.64 Å². The first-order chi connectivity index (χ1) is 16.5. The SMILES string of the molecule is CCCCCN(C)C(=O)COc1ccc(-c2cc(-c3ccccc3)c3cc(Cl)ccc3n2)cc1. The molecule has 0 fully saturated rings. The van der Waals surface area contributed by atoms with Crippen LogP contribution in [0.15, 0.2) is 78.9 Å². The number of nitrogens with zero attached hydrogens (tertiary/aromatic N) is 2. The molecular weight excluding hydrogens is 444 g/mol. The highest BCUT2D eigenvalue weighted by Crippen LogP contribution is 2.33. The number of amides is 1. The first-order valence-corrected chi connectivity index (χ1v) is 12.1. The number of pyridine rings is 1. The van der Waals surface area contributed by atoms with E-state index in [0.29, 0.717) is 10.8 Å². The second-order valence-corrected chi connectivity index (χ2v) is 8.85. The Balaban J connectivity index is 1.54. The number of benzene rings is 3. The van der Waals surface area contributed by atoms with Crippen LogP contribution in [0.4, 0.5) is 0 Å². The normalized spacial score (nSPS) is 10.9. The zero-order valence-corrected chi connectivity index (χ0v) is 20.4. The highest BCUT2D eigenvalue weighted by Gasteiger charge is 2.12. The lowest BCUT2D eigenvalue weighted by Crippen LogP contribution is -2.32. The molecule has 0 aliphatic carbocycles. The summed E-state index contributed by atoms with van der Waals surface area (Å²) in [6.07, 6.45) is 3.28.